The zero-order chi connectivity index (χ0) is 24.0. The molecular formula is C31H31Cl2HfNOSi. The van der Waals surface area contributed by atoms with E-state index in [1.165, 1.54) is 31.9 Å². The van der Waals surface area contributed by atoms with Crippen molar-refractivity contribution < 1.29 is 55.5 Å². The zero-order valence-corrected chi connectivity index (χ0v) is 27.1. The van der Waals surface area contributed by atoms with E-state index in [0.29, 0.717) is 6.42 Å². The van der Waals surface area contributed by atoms with Gasteiger partial charge in [0.05, 0.1) is 0 Å². The Morgan fingerprint density at radius 2 is 1.08 bits per heavy atom. The fourth-order valence-corrected chi connectivity index (χ4v) is 4.70. The van der Waals surface area contributed by atoms with Crippen LogP contribution in [-0.2, 0) is 30.6 Å². The van der Waals surface area contributed by atoms with Crippen LogP contribution in [0.2, 0.25) is 0 Å². The minimum absolute atomic E-state index is 0. The van der Waals surface area contributed by atoms with Crippen LogP contribution in [0.4, 0.5) is 0 Å². The van der Waals surface area contributed by atoms with E-state index in [9.17, 15) is 4.79 Å². The summed E-state index contributed by atoms with van der Waals surface area (Å²) in [5.41, 5.74) is 6.52. The van der Waals surface area contributed by atoms with Crippen LogP contribution in [0.5, 0.6) is 0 Å². The van der Waals surface area contributed by atoms with Gasteiger partial charge in [0.1, 0.15) is 9.52 Å². The fourth-order valence-electron chi connectivity index (χ4n) is 3.65. The van der Waals surface area contributed by atoms with Crippen LogP contribution < -0.4 is 35.2 Å². The van der Waals surface area contributed by atoms with E-state index in [1.807, 2.05) is 0 Å². The first-order valence-corrected chi connectivity index (χ1v) is 12.8. The van der Waals surface area contributed by atoms with Crippen molar-refractivity contribution in [3.63, 3.8) is 0 Å². The second-order valence-corrected chi connectivity index (χ2v) is 9.46. The van der Waals surface area contributed by atoms with Gasteiger partial charge in [-0.25, -0.2) is 0 Å². The maximum absolute atomic E-state index is 9.99. The Hall–Kier alpha value is -2.11. The molecule has 0 aliphatic carbocycles. The first-order chi connectivity index (χ1) is 16.7. The zero-order valence-electron chi connectivity index (χ0n) is 21.0. The van der Waals surface area contributed by atoms with Crippen molar-refractivity contribution >= 4 is 47.3 Å². The molecule has 5 aromatic rings. The third-order valence-corrected chi connectivity index (χ3v) is 6.61. The molecule has 0 saturated carbocycles. The molecule has 0 fully saturated rings. The SMILES string of the molecule is CCCCCC([NH-])=O.[Cl-].[Cl-].[Hf+4].c1ccc([Si]c2ccccc2)cc1.c1ccc2c(c1)[cH-]c1ccccc12. The summed E-state index contributed by atoms with van der Waals surface area (Å²) in [6.07, 6.45) is 3.52. The Morgan fingerprint density at radius 3 is 1.49 bits per heavy atom. The molecular weight excluding hydrogens is 680 g/mol. The van der Waals surface area contributed by atoms with E-state index in [0.717, 1.165) is 28.8 Å². The van der Waals surface area contributed by atoms with Gasteiger partial charge in [-0.3, -0.25) is 0 Å². The number of rotatable bonds is 6. The molecule has 2 nitrogen and oxygen atoms in total. The summed E-state index contributed by atoms with van der Waals surface area (Å²) in [4.78, 5) is 9.99. The molecule has 2 radical (unpaired) electrons. The van der Waals surface area contributed by atoms with E-state index < -0.39 is 5.91 Å². The number of hydrogen-bond donors (Lipinski definition) is 0. The van der Waals surface area contributed by atoms with Gasteiger partial charge < -0.3 is 35.3 Å². The van der Waals surface area contributed by atoms with Gasteiger partial charge in [0, 0.05) is 5.91 Å². The number of carbonyl (C=O) groups excluding carboxylic acids is 1. The van der Waals surface area contributed by atoms with Crippen LogP contribution in [0, 0.1) is 0 Å². The molecule has 0 atom stereocenters. The first-order valence-electron chi connectivity index (χ1n) is 11.8. The van der Waals surface area contributed by atoms with Crippen molar-refractivity contribution in [1.29, 1.82) is 0 Å². The van der Waals surface area contributed by atoms with Gasteiger partial charge in [-0.05, 0) is 12.8 Å². The Kier molecular flexibility index (Phi) is 18.8. The summed E-state index contributed by atoms with van der Waals surface area (Å²) in [6.45, 7) is 2.08. The molecule has 188 valence electrons. The van der Waals surface area contributed by atoms with Gasteiger partial charge in [-0.2, -0.15) is 0 Å². The molecule has 0 aliphatic rings. The van der Waals surface area contributed by atoms with Crippen LogP contribution in [0.3, 0.4) is 0 Å². The van der Waals surface area contributed by atoms with E-state index >= 15 is 0 Å². The van der Waals surface area contributed by atoms with Crippen LogP contribution >= 0.6 is 0 Å². The van der Waals surface area contributed by atoms with Crippen molar-refractivity contribution in [2.24, 2.45) is 0 Å². The molecule has 5 rings (SSSR count). The van der Waals surface area contributed by atoms with Crippen LogP contribution in [-0.4, -0.2) is 15.4 Å². The molecule has 1 N–H and O–H groups in total. The minimum atomic E-state index is -0.432. The molecule has 6 heteroatoms. The van der Waals surface area contributed by atoms with Crippen molar-refractivity contribution in [3.8, 4) is 0 Å². The van der Waals surface area contributed by atoms with Gasteiger partial charge in [0.15, 0.2) is 0 Å². The number of halogens is 2. The summed E-state index contributed by atoms with van der Waals surface area (Å²) in [6, 6.07) is 40.4. The van der Waals surface area contributed by atoms with Crippen molar-refractivity contribution in [2.45, 2.75) is 32.6 Å². The third kappa shape index (κ3) is 12.3. The Morgan fingerprint density at radius 1 is 0.676 bits per heavy atom. The van der Waals surface area contributed by atoms with E-state index in [4.69, 9.17) is 5.73 Å². The minimum Gasteiger partial charge on any atom is -1.00 e. The summed E-state index contributed by atoms with van der Waals surface area (Å²) >= 11 is 0. The van der Waals surface area contributed by atoms with Crippen LogP contribution in [0.15, 0.2) is 115 Å². The van der Waals surface area contributed by atoms with Crippen molar-refractivity contribution in [1.82, 2.24) is 0 Å². The maximum atomic E-state index is 9.99. The molecule has 0 aromatic heterocycles. The first kappa shape index (κ1) is 34.9. The Balaban J connectivity index is 0.000000522. The Bertz CT molecular complexity index is 1190. The number of amides is 1. The second-order valence-electron chi connectivity index (χ2n) is 8.06. The molecule has 37 heavy (non-hydrogen) atoms. The topological polar surface area (TPSA) is 40.9 Å². The van der Waals surface area contributed by atoms with Crippen molar-refractivity contribution in [2.75, 3.05) is 0 Å². The molecule has 0 heterocycles. The Labute approximate surface area is 254 Å². The molecule has 0 spiro atoms. The number of unbranched alkanes of at least 4 members (excludes halogenated alkanes) is 2. The molecule has 5 aromatic carbocycles. The second kappa shape index (κ2) is 19.9. The van der Waals surface area contributed by atoms with Crippen LogP contribution in [0.1, 0.15) is 32.6 Å². The predicted octanol–water partition coefficient (Wildman–Crippen LogP) is 1.20. The smallest absolute Gasteiger partial charge is 1.00 e. The summed E-state index contributed by atoms with van der Waals surface area (Å²) in [5.74, 6) is -0.432. The largest absolute Gasteiger partial charge is 4.00 e. The van der Waals surface area contributed by atoms with E-state index in [2.05, 4.69) is 122 Å². The summed E-state index contributed by atoms with van der Waals surface area (Å²) < 4.78 is 0. The summed E-state index contributed by atoms with van der Waals surface area (Å²) in [5, 5.41) is 8.19. The average molecular weight is 711 g/mol. The average Bonchev–Trinajstić information content (AvgIpc) is 3.25. The van der Waals surface area contributed by atoms with Gasteiger partial charge in [-0.1, -0.05) is 127 Å². The van der Waals surface area contributed by atoms with Gasteiger partial charge >= 0.3 is 25.8 Å². The standard InChI is InChI=1S/C13H9.C12H10Si.C6H13NO.2ClH.Hf/c1-3-7-12-10(5-1)9-11-6-2-4-8-13(11)12;1-3-7-11(8-4-1)13-12-9-5-2-6-10-12;1-2-3-4-5-6(7)8;;;/h1-9H;1-10H;2-5H2,1H3,(H2,7,8);2*1H;/q-1;;;;;+4/p-3. The fraction of sp³-hybridized carbons (Fsp3) is 0.161. The number of hydrogen-bond acceptors (Lipinski definition) is 1. The van der Waals surface area contributed by atoms with Gasteiger partial charge in [0.2, 0.25) is 0 Å². The molecule has 0 bridgehead atoms. The molecule has 0 saturated heterocycles. The monoisotopic (exact) mass is 711 g/mol. The number of fused-ring (bicyclic) bond motifs is 3. The number of carbonyl (C=O) groups is 1. The quantitative estimate of drug-likeness (QED) is 0.149. The maximum Gasteiger partial charge on any atom is 4.00 e. The third-order valence-electron chi connectivity index (χ3n) is 5.37. The number of nitrogens with one attached hydrogen (secondary N) is 1. The molecule has 1 amide bonds. The van der Waals surface area contributed by atoms with Crippen molar-refractivity contribution in [3.05, 3.63) is 121 Å². The van der Waals surface area contributed by atoms with Crippen LogP contribution in [0.25, 0.3) is 27.3 Å². The van der Waals surface area contributed by atoms with E-state index in [-0.39, 0.29) is 50.7 Å². The number of benzene rings is 4. The van der Waals surface area contributed by atoms with Gasteiger partial charge in [0.25, 0.3) is 0 Å². The molecule has 0 aliphatic heterocycles. The normalized spacial score (nSPS) is 9.32. The summed E-state index contributed by atoms with van der Waals surface area (Å²) in [7, 11) is 0.777. The molecule has 0 unspecified atom stereocenters. The predicted molar refractivity (Wildman–Crippen MR) is 148 cm³/mol. The van der Waals surface area contributed by atoms with Gasteiger partial charge in [-0.15, -0.1) is 39.7 Å². The van der Waals surface area contributed by atoms with E-state index in [1.54, 1.807) is 0 Å².